The van der Waals surface area contributed by atoms with E-state index < -0.39 is 15.9 Å². The lowest BCUT2D eigenvalue weighted by atomic mass is 10.2. The first-order chi connectivity index (χ1) is 15.4. The molecule has 0 saturated heterocycles. The summed E-state index contributed by atoms with van der Waals surface area (Å²) in [5, 5.41) is 3.33. The molecule has 0 bridgehead atoms. The number of aromatic nitrogens is 1. The number of methoxy groups -OCH3 is 3. The molecule has 2 aromatic carbocycles. The minimum Gasteiger partial charge on any atom is -0.496 e. The number of carbonyl (C=O) groups excluding carboxylic acids is 1. The van der Waals surface area contributed by atoms with Gasteiger partial charge in [0, 0.05) is 24.5 Å². The second-order valence-corrected chi connectivity index (χ2v) is 9.32. The molecule has 0 saturated carbocycles. The van der Waals surface area contributed by atoms with Crippen LogP contribution in [-0.2, 0) is 16.4 Å². The molecule has 1 aromatic heterocycles. The van der Waals surface area contributed by atoms with Crippen LogP contribution < -0.4 is 23.8 Å². The van der Waals surface area contributed by atoms with Crippen LogP contribution in [0, 0.1) is 0 Å². The second kappa shape index (κ2) is 8.62. The lowest BCUT2D eigenvalue weighted by Crippen LogP contribution is -2.37. The summed E-state index contributed by atoms with van der Waals surface area (Å²) in [7, 11) is 0.987. The number of hydrogen-bond acceptors (Lipinski definition) is 6. The van der Waals surface area contributed by atoms with Gasteiger partial charge in [0.1, 0.15) is 11.4 Å². The van der Waals surface area contributed by atoms with Crippen LogP contribution in [0.3, 0.4) is 0 Å². The molecule has 9 nitrogen and oxygen atoms in total. The quantitative estimate of drug-likeness (QED) is 0.535. The predicted molar refractivity (Wildman–Crippen MR) is 122 cm³/mol. The topological polar surface area (TPSA) is 110 Å². The number of carbonyl (C=O) groups is 1. The lowest BCUT2D eigenvalue weighted by Gasteiger charge is -2.19. The van der Waals surface area contributed by atoms with Gasteiger partial charge in [0.15, 0.2) is 11.5 Å². The molecule has 0 aliphatic carbocycles. The second-order valence-electron chi connectivity index (χ2n) is 7.31. The van der Waals surface area contributed by atoms with Crippen molar-refractivity contribution in [2.45, 2.75) is 6.42 Å². The van der Waals surface area contributed by atoms with Gasteiger partial charge in [-0.3, -0.25) is 9.10 Å². The van der Waals surface area contributed by atoms with E-state index in [0.29, 0.717) is 46.8 Å². The maximum atomic E-state index is 12.8. The smallest absolute Gasteiger partial charge is 0.267 e. The number of para-hydroxylation sites is 1. The van der Waals surface area contributed by atoms with E-state index in [1.165, 1.54) is 25.6 Å². The molecular formula is C22H25N3O6S. The van der Waals surface area contributed by atoms with E-state index in [1.54, 1.807) is 18.2 Å². The summed E-state index contributed by atoms with van der Waals surface area (Å²) in [6.45, 7) is 0.395. The molecule has 170 valence electrons. The van der Waals surface area contributed by atoms with Crippen LogP contribution in [0.5, 0.6) is 17.2 Å². The number of ether oxygens (including phenoxy) is 3. The third-order valence-electron chi connectivity index (χ3n) is 5.51. The summed E-state index contributed by atoms with van der Waals surface area (Å²) >= 11 is 0. The largest absolute Gasteiger partial charge is 0.496 e. The van der Waals surface area contributed by atoms with Gasteiger partial charge >= 0.3 is 0 Å². The minimum atomic E-state index is -3.55. The Morgan fingerprint density at radius 3 is 2.56 bits per heavy atom. The van der Waals surface area contributed by atoms with E-state index in [1.807, 2.05) is 18.2 Å². The molecule has 10 heteroatoms. The number of nitrogens with one attached hydrogen (secondary N) is 2. The molecule has 0 atom stereocenters. The van der Waals surface area contributed by atoms with Gasteiger partial charge < -0.3 is 24.5 Å². The number of rotatable bonds is 8. The Kier molecular flexibility index (Phi) is 5.88. The summed E-state index contributed by atoms with van der Waals surface area (Å²) in [4.78, 5) is 15.7. The number of nitrogens with zero attached hydrogens (tertiary/aromatic N) is 1. The Hall–Kier alpha value is -3.40. The number of aromatic amines is 1. The molecule has 0 unspecified atom stereocenters. The number of amides is 1. The third kappa shape index (κ3) is 3.81. The normalized spacial score (nSPS) is 13.2. The van der Waals surface area contributed by atoms with Crippen LogP contribution in [0.4, 0.5) is 5.69 Å². The number of hydrogen-bond donors (Lipinski definition) is 2. The average molecular weight is 460 g/mol. The van der Waals surface area contributed by atoms with Crippen molar-refractivity contribution in [3.8, 4) is 17.2 Å². The highest BCUT2D eigenvalue weighted by Gasteiger charge is 2.29. The fourth-order valence-electron chi connectivity index (χ4n) is 3.95. The highest BCUT2D eigenvalue weighted by atomic mass is 32.2. The van der Waals surface area contributed by atoms with Crippen molar-refractivity contribution in [2.75, 3.05) is 44.5 Å². The van der Waals surface area contributed by atoms with Crippen LogP contribution in [0.15, 0.2) is 36.4 Å². The van der Waals surface area contributed by atoms with Crippen molar-refractivity contribution < 1.29 is 27.4 Å². The SMILES string of the molecule is COc1cc(OC)c2cc(C(=O)NCCS(=O)(=O)N3CCc4ccccc43)[nH]c2c1OC. The van der Waals surface area contributed by atoms with E-state index in [2.05, 4.69) is 10.3 Å². The summed E-state index contributed by atoms with van der Waals surface area (Å²) in [5.74, 6) is 0.790. The molecule has 1 amide bonds. The fourth-order valence-corrected chi connectivity index (χ4v) is 5.38. The Labute approximate surface area is 186 Å². The molecule has 0 spiro atoms. The first-order valence-electron chi connectivity index (χ1n) is 10.1. The van der Waals surface area contributed by atoms with Gasteiger partial charge in [-0.25, -0.2) is 8.42 Å². The molecule has 2 N–H and O–H groups in total. The molecule has 3 aromatic rings. The first-order valence-corrected chi connectivity index (χ1v) is 11.7. The third-order valence-corrected chi connectivity index (χ3v) is 7.28. The average Bonchev–Trinajstić information content (AvgIpc) is 3.43. The molecule has 4 rings (SSSR count). The predicted octanol–water partition coefficient (Wildman–Crippen LogP) is 2.32. The van der Waals surface area contributed by atoms with Gasteiger partial charge in [0.05, 0.1) is 38.3 Å². The van der Waals surface area contributed by atoms with Gasteiger partial charge in [-0.15, -0.1) is 0 Å². The summed E-state index contributed by atoms with van der Waals surface area (Å²) < 4.78 is 43.2. The number of H-pyrrole nitrogens is 1. The summed E-state index contributed by atoms with van der Waals surface area (Å²) in [5.41, 5.74) is 2.53. The summed E-state index contributed by atoms with van der Waals surface area (Å²) in [6.07, 6.45) is 0.684. The molecule has 0 fully saturated rings. The monoisotopic (exact) mass is 459 g/mol. The Morgan fingerprint density at radius 1 is 1.09 bits per heavy atom. The fraction of sp³-hybridized carbons (Fsp3) is 0.318. The van der Waals surface area contributed by atoms with E-state index in [4.69, 9.17) is 14.2 Å². The minimum absolute atomic E-state index is 0.0210. The van der Waals surface area contributed by atoms with Crippen molar-refractivity contribution in [3.05, 3.63) is 47.7 Å². The van der Waals surface area contributed by atoms with Gasteiger partial charge in [-0.1, -0.05) is 18.2 Å². The van der Waals surface area contributed by atoms with Crippen molar-refractivity contribution >= 4 is 32.5 Å². The highest BCUT2D eigenvalue weighted by molar-refractivity contribution is 7.92. The molecule has 1 aliphatic rings. The number of sulfonamides is 1. The number of fused-ring (bicyclic) bond motifs is 2. The maximum Gasteiger partial charge on any atom is 0.267 e. The lowest BCUT2D eigenvalue weighted by molar-refractivity contribution is 0.0952. The Bertz CT molecular complexity index is 1270. The summed E-state index contributed by atoms with van der Waals surface area (Å²) in [6, 6.07) is 10.8. The number of anilines is 1. The maximum absolute atomic E-state index is 12.8. The van der Waals surface area contributed by atoms with Gasteiger partial charge in [-0.2, -0.15) is 0 Å². The number of benzene rings is 2. The van der Waals surface area contributed by atoms with Crippen LogP contribution in [0.25, 0.3) is 10.9 Å². The van der Waals surface area contributed by atoms with Crippen molar-refractivity contribution in [1.82, 2.24) is 10.3 Å². The highest BCUT2D eigenvalue weighted by Crippen LogP contribution is 2.41. The van der Waals surface area contributed by atoms with Gasteiger partial charge in [-0.05, 0) is 24.1 Å². The zero-order valence-electron chi connectivity index (χ0n) is 18.1. The van der Waals surface area contributed by atoms with E-state index in [0.717, 1.165) is 5.56 Å². The van der Waals surface area contributed by atoms with Gasteiger partial charge in [0.25, 0.3) is 5.91 Å². The molecule has 1 aliphatic heterocycles. The molecule has 2 heterocycles. The van der Waals surface area contributed by atoms with E-state index in [9.17, 15) is 13.2 Å². The van der Waals surface area contributed by atoms with Crippen LogP contribution in [-0.4, -0.2) is 59.5 Å². The van der Waals surface area contributed by atoms with Crippen LogP contribution in [0.2, 0.25) is 0 Å². The Morgan fingerprint density at radius 2 is 1.84 bits per heavy atom. The van der Waals surface area contributed by atoms with Crippen LogP contribution in [0.1, 0.15) is 16.1 Å². The van der Waals surface area contributed by atoms with Crippen molar-refractivity contribution in [3.63, 3.8) is 0 Å². The van der Waals surface area contributed by atoms with E-state index in [-0.39, 0.29) is 18.0 Å². The zero-order chi connectivity index (χ0) is 22.9. The molecule has 32 heavy (non-hydrogen) atoms. The van der Waals surface area contributed by atoms with Crippen molar-refractivity contribution in [1.29, 1.82) is 0 Å². The zero-order valence-corrected chi connectivity index (χ0v) is 18.9. The Balaban J connectivity index is 1.49. The van der Waals surface area contributed by atoms with E-state index >= 15 is 0 Å². The van der Waals surface area contributed by atoms with Crippen LogP contribution >= 0.6 is 0 Å². The standard InChI is InChI=1S/C22H25N3O6S/c1-29-18-13-19(30-2)21(31-3)20-15(18)12-16(24-20)22(26)23-9-11-32(27,28)25-10-8-14-6-4-5-7-17(14)25/h4-7,12-13,24H,8-11H2,1-3H3,(H,23,26). The first kappa shape index (κ1) is 21.8. The molecular weight excluding hydrogens is 434 g/mol. The van der Waals surface area contributed by atoms with Gasteiger partial charge in [0.2, 0.25) is 10.0 Å². The molecule has 0 radical (unpaired) electrons. The van der Waals surface area contributed by atoms with Crippen molar-refractivity contribution in [2.24, 2.45) is 0 Å².